The Morgan fingerprint density at radius 3 is 2.67 bits per heavy atom. The van der Waals surface area contributed by atoms with Crippen molar-refractivity contribution in [2.24, 2.45) is 0 Å². The average molecular weight is 366 g/mol. The van der Waals surface area contributed by atoms with E-state index in [1.165, 1.54) is 0 Å². The van der Waals surface area contributed by atoms with Crippen molar-refractivity contribution in [3.05, 3.63) is 53.9 Å². The van der Waals surface area contributed by atoms with Crippen LogP contribution >= 0.6 is 0 Å². The maximum atomic E-state index is 12.6. The van der Waals surface area contributed by atoms with Crippen molar-refractivity contribution in [1.29, 1.82) is 0 Å². The van der Waals surface area contributed by atoms with Crippen LogP contribution in [0.15, 0.2) is 51.6 Å². The minimum absolute atomic E-state index is 0.212. The van der Waals surface area contributed by atoms with Crippen molar-refractivity contribution in [3.63, 3.8) is 0 Å². The van der Waals surface area contributed by atoms with Crippen LogP contribution < -0.4 is 10.2 Å². The first kappa shape index (κ1) is 17.4. The first-order valence-corrected chi connectivity index (χ1v) is 8.95. The Hall–Kier alpha value is -3.06. The summed E-state index contributed by atoms with van der Waals surface area (Å²) in [4.78, 5) is 17.2. The SMILES string of the molecule is Cc1cc(NC(=O)c2cc(-c3ccco3)on2)cc(N2CCN(C)CC2)c1. The van der Waals surface area contributed by atoms with Gasteiger partial charge in [0.1, 0.15) is 0 Å². The van der Waals surface area contributed by atoms with Crippen molar-refractivity contribution >= 4 is 17.3 Å². The van der Waals surface area contributed by atoms with Crippen molar-refractivity contribution in [1.82, 2.24) is 10.1 Å². The van der Waals surface area contributed by atoms with Crippen molar-refractivity contribution in [3.8, 4) is 11.5 Å². The summed E-state index contributed by atoms with van der Waals surface area (Å²) in [5, 5.41) is 6.77. The number of anilines is 2. The summed E-state index contributed by atoms with van der Waals surface area (Å²) in [7, 11) is 2.13. The van der Waals surface area contributed by atoms with Crippen LogP contribution in [0.5, 0.6) is 0 Å². The number of carbonyl (C=O) groups is 1. The van der Waals surface area contributed by atoms with E-state index in [1.807, 2.05) is 19.1 Å². The van der Waals surface area contributed by atoms with E-state index in [-0.39, 0.29) is 11.6 Å². The van der Waals surface area contributed by atoms with Gasteiger partial charge >= 0.3 is 0 Å². The Bertz CT molecular complexity index is 925. The number of likely N-dealkylation sites (N-methyl/N-ethyl adjacent to an activating group) is 1. The van der Waals surface area contributed by atoms with E-state index in [1.54, 1.807) is 24.5 Å². The van der Waals surface area contributed by atoms with Crippen LogP contribution in [0.2, 0.25) is 0 Å². The molecule has 2 aromatic heterocycles. The first-order valence-electron chi connectivity index (χ1n) is 8.95. The van der Waals surface area contributed by atoms with Crippen LogP contribution in [0, 0.1) is 6.92 Å². The lowest BCUT2D eigenvalue weighted by Gasteiger charge is -2.34. The first-order chi connectivity index (χ1) is 13.1. The number of hydrogen-bond acceptors (Lipinski definition) is 6. The molecule has 0 radical (unpaired) electrons. The lowest BCUT2D eigenvalue weighted by molar-refractivity contribution is 0.101. The normalized spacial score (nSPS) is 15.1. The summed E-state index contributed by atoms with van der Waals surface area (Å²) in [6.07, 6.45) is 1.55. The molecule has 1 aromatic carbocycles. The highest BCUT2D eigenvalue weighted by molar-refractivity contribution is 6.03. The summed E-state index contributed by atoms with van der Waals surface area (Å²) >= 11 is 0. The third-order valence-electron chi connectivity index (χ3n) is 4.70. The third kappa shape index (κ3) is 3.88. The van der Waals surface area contributed by atoms with Gasteiger partial charge in [-0.15, -0.1) is 0 Å². The summed E-state index contributed by atoms with van der Waals surface area (Å²) in [5.41, 5.74) is 3.17. The molecule has 4 rings (SSSR count). The Morgan fingerprint density at radius 1 is 1.11 bits per heavy atom. The smallest absolute Gasteiger partial charge is 0.277 e. The number of furan rings is 1. The molecule has 1 saturated heterocycles. The molecular formula is C20H22N4O3. The van der Waals surface area contributed by atoms with Gasteiger partial charge in [-0.05, 0) is 49.9 Å². The average Bonchev–Trinajstić information content (AvgIpc) is 3.33. The Kier molecular flexibility index (Phi) is 4.68. The van der Waals surface area contributed by atoms with Crippen LogP contribution in [0.4, 0.5) is 11.4 Å². The number of hydrogen-bond donors (Lipinski definition) is 1. The Labute approximate surface area is 157 Å². The Morgan fingerprint density at radius 2 is 1.93 bits per heavy atom. The predicted octanol–water partition coefficient (Wildman–Crippen LogP) is 3.25. The van der Waals surface area contributed by atoms with Gasteiger partial charge in [0.2, 0.25) is 5.76 Å². The fourth-order valence-corrected chi connectivity index (χ4v) is 3.19. The van der Waals surface area contributed by atoms with Gasteiger partial charge in [-0.1, -0.05) is 5.16 Å². The number of amides is 1. The number of nitrogens with one attached hydrogen (secondary N) is 1. The lowest BCUT2D eigenvalue weighted by atomic mass is 10.1. The van der Waals surface area contributed by atoms with E-state index >= 15 is 0 Å². The maximum absolute atomic E-state index is 12.6. The predicted molar refractivity (Wildman–Crippen MR) is 103 cm³/mol. The largest absolute Gasteiger partial charge is 0.461 e. The van der Waals surface area contributed by atoms with Gasteiger partial charge in [-0.3, -0.25) is 4.79 Å². The summed E-state index contributed by atoms with van der Waals surface area (Å²) in [6.45, 7) is 6.04. The Balaban J connectivity index is 1.49. The van der Waals surface area contributed by atoms with Crippen LogP contribution in [0.1, 0.15) is 16.1 Å². The highest BCUT2D eigenvalue weighted by atomic mass is 16.5. The quantitative estimate of drug-likeness (QED) is 0.764. The molecule has 1 N–H and O–H groups in total. The van der Waals surface area contributed by atoms with E-state index in [0.29, 0.717) is 11.5 Å². The van der Waals surface area contributed by atoms with Gasteiger partial charge in [0.15, 0.2) is 11.5 Å². The molecule has 7 heteroatoms. The molecule has 1 aliphatic heterocycles. The molecule has 1 fully saturated rings. The standard InChI is InChI=1S/C20H22N4O3/c1-14-10-15(12-16(11-14)24-7-5-23(2)6-8-24)21-20(25)17-13-19(27-22-17)18-4-3-9-26-18/h3-4,9-13H,5-8H2,1-2H3,(H,21,25). The van der Waals surface area contributed by atoms with Gasteiger partial charge in [0.05, 0.1) is 6.26 Å². The van der Waals surface area contributed by atoms with Crippen molar-refractivity contribution < 1.29 is 13.7 Å². The minimum atomic E-state index is -0.313. The number of aryl methyl sites for hydroxylation is 1. The number of carbonyl (C=O) groups excluding carboxylic acids is 1. The molecule has 27 heavy (non-hydrogen) atoms. The van der Waals surface area contributed by atoms with Crippen LogP contribution in [-0.2, 0) is 0 Å². The molecule has 0 saturated carbocycles. The summed E-state index contributed by atoms with van der Waals surface area (Å²) in [5.74, 6) is 0.647. The van der Waals surface area contributed by atoms with Gasteiger partial charge in [0.25, 0.3) is 5.91 Å². The maximum Gasteiger partial charge on any atom is 0.277 e. The fourth-order valence-electron chi connectivity index (χ4n) is 3.19. The van der Waals surface area contributed by atoms with Crippen molar-refractivity contribution in [2.45, 2.75) is 6.92 Å². The van der Waals surface area contributed by atoms with E-state index in [4.69, 9.17) is 8.94 Å². The molecule has 140 valence electrons. The van der Waals surface area contributed by atoms with Gasteiger partial charge < -0.3 is 24.1 Å². The molecule has 0 spiro atoms. The van der Waals surface area contributed by atoms with E-state index in [0.717, 1.165) is 43.1 Å². The van der Waals surface area contributed by atoms with Gasteiger partial charge in [-0.2, -0.15) is 0 Å². The second kappa shape index (κ2) is 7.28. The molecule has 7 nitrogen and oxygen atoms in total. The molecule has 3 aromatic rings. The molecule has 0 aliphatic carbocycles. The van der Waals surface area contributed by atoms with Crippen molar-refractivity contribution in [2.75, 3.05) is 43.4 Å². The second-order valence-electron chi connectivity index (χ2n) is 6.86. The van der Waals surface area contributed by atoms with Gasteiger partial charge in [0, 0.05) is 43.6 Å². The van der Waals surface area contributed by atoms with Crippen LogP contribution in [-0.4, -0.2) is 49.2 Å². The zero-order valence-electron chi connectivity index (χ0n) is 15.4. The van der Waals surface area contributed by atoms with Crippen LogP contribution in [0.25, 0.3) is 11.5 Å². The molecule has 0 bridgehead atoms. The highest BCUT2D eigenvalue weighted by Crippen LogP contribution is 2.25. The number of rotatable bonds is 4. The summed E-state index contributed by atoms with van der Waals surface area (Å²) < 4.78 is 10.5. The topological polar surface area (TPSA) is 74.8 Å². The molecule has 3 heterocycles. The highest BCUT2D eigenvalue weighted by Gasteiger charge is 2.18. The second-order valence-corrected chi connectivity index (χ2v) is 6.86. The lowest BCUT2D eigenvalue weighted by Crippen LogP contribution is -2.44. The van der Waals surface area contributed by atoms with E-state index < -0.39 is 0 Å². The van der Waals surface area contributed by atoms with E-state index in [9.17, 15) is 4.79 Å². The fraction of sp³-hybridized carbons (Fsp3) is 0.300. The molecule has 0 unspecified atom stereocenters. The third-order valence-corrected chi connectivity index (χ3v) is 4.70. The molecule has 0 atom stereocenters. The number of benzene rings is 1. The zero-order chi connectivity index (χ0) is 18.8. The zero-order valence-corrected chi connectivity index (χ0v) is 15.4. The summed E-state index contributed by atoms with van der Waals surface area (Å²) in [6, 6.07) is 11.2. The van der Waals surface area contributed by atoms with E-state index in [2.05, 4.69) is 33.4 Å². The molecular weight excluding hydrogens is 344 g/mol. The molecule has 1 amide bonds. The van der Waals surface area contributed by atoms with Crippen LogP contribution in [0.3, 0.4) is 0 Å². The number of piperazine rings is 1. The van der Waals surface area contributed by atoms with Gasteiger partial charge in [-0.25, -0.2) is 0 Å². The number of aromatic nitrogens is 1. The monoisotopic (exact) mass is 366 g/mol. The minimum Gasteiger partial charge on any atom is -0.461 e. The number of nitrogens with zero attached hydrogens (tertiary/aromatic N) is 3. The molecule has 1 aliphatic rings.